The number of carboxylic acids is 1. The summed E-state index contributed by atoms with van der Waals surface area (Å²) in [5.41, 5.74) is 0. The van der Waals surface area contributed by atoms with Crippen LogP contribution in [0.1, 0.15) is 39.0 Å². The van der Waals surface area contributed by atoms with Gasteiger partial charge < -0.3 is 10.4 Å². The molecule has 1 aliphatic rings. The number of aliphatic carboxylic acids is 1. The molecule has 0 aromatic carbocycles. The summed E-state index contributed by atoms with van der Waals surface area (Å²) in [4.78, 5) is 21.6. The van der Waals surface area contributed by atoms with Crippen molar-refractivity contribution in [1.82, 2.24) is 5.32 Å². The lowest BCUT2D eigenvalue weighted by molar-refractivity contribution is -0.136. The summed E-state index contributed by atoms with van der Waals surface area (Å²) in [6, 6.07) is 0. The predicted molar refractivity (Wildman–Crippen MR) is 56.4 cm³/mol. The highest BCUT2D eigenvalue weighted by Crippen LogP contribution is 2.32. The summed E-state index contributed by atoms with van der Waals surface area (Å²) in [6.07, 6.45) is 4.05. The first kappa shape index (κ1) is 12.0. The molecular weight excluding hydrogens is 194 g/mol. The lowest BCUT2D eigenvalue weighted by Crippen LogP contribution is -2.27. The van der Waals surface area contributed by atoms with Crippen molar-refractivity contribution in [3.05, 3.63) is 0 Å². The summed E-state index contributed by atoms with van der Waals surface area (Å²) in [6.45, 7) is 2.46. The molecule has 1 fully saturated rings. The lowest BCUT2D eigenvalue weighted by atomic mass is 10.0. The number of nitrogens with one attached hydrogen (secondary N) is 1. The minimum Gasteiger partial charge on any atom is -0.481 e. The van der Waals surface area contributed by atoms with E-state index in [1.54, 1.807) is 0 Å². The molecule has 15 heavy (non-hydrogen) atoms. The van der Waals surface area contributed by atoms with Gasteiger partial charge in [-0.1, -0.05) is 13.3 Å². The fourth-order valence-corrected chi connectivity index (χ4v) is 2.15. The molecule has 1 amide bonds. The van der Waals surface area contributed by atoms with Crippen LogP contribution in [-0.2, 0) is 9.59 Å². The topological polar surface area (TPSA) is 66.4 Å². The maximum atomic E-state index is 11.4. The zero-order chi connectivity index (χ0) is 11.3. The van der Waals surface area contributed by atoms with Crippen molar-refractivity contribution in [2.75, 3.05) is 6.54 Å². The number of hydrogen-bond acceptors (Lipinski definition) is 2. The molecule has 2 unspecified atom stereocenters. The first-order chi connectivity index (χ1) is 7.08. The zero-order valence-corrected chi connectivity index (χ0v) is 9.16. The molecule has 0 saturated heterocycles. The van der Waals surface area contributed by atoms with Gasteiger partial charge in [0.1, 0.15) is 0 Å². The van der Waals surface area contributed by atoms with E-state index in [1.807, 2.05) is 0 Å². The average molecular weight is 213 g/mol. The quantitative estimate of drug-likeness (QED) is 0.725. The number of carboxylic acid groups (broad SMARTS) is 1. The van der Waals surface area contributed by atoms with Crippen LogP contribution < -0.4 is 5.32 Å². The van der Waals surface area contributed by atoms with Crippen LogP contribution in [0, 0.1) is 11.8 Å². The second kappa shape index (κ2) is 5.73. The molecule has 0 heterocycles. The molecule has 2 atom stereocenters. The SMILES string of the molecule is CC1CCC(CC(=O)NCCC(=O)O)C1. The van der Waals surface area contributed by atoms with Gasteiger partial charge in [-0.05, 0) is 24.7 Å². The van der Waals surface area contributed by atoms with Crippen molar-refractivity contribution in [2.45, 2.75) is 39.0 Å². The monoisotopic (exact) mass is 213 g/mol. The van der Waals surface area contributed by atoms with Crippen LogP contribution in [-0.4, -0.2) is 23.5 Å². The third-order valence-electron chi connectivity index (χ3n) is 2.94. The van der Waals surface area contributed by atoms with Gasteiger partial charge in [-0.15, -0.1) is 0 Å². The zero-order valence-electron chi connectivity index (χ0n) is 9.16. The maximum Gasteiger partial charge on any atom is 0.305 e. The lowest BCUT2D eigenvalue weighted by Gasteiger charge is -2.09. The number of hydrogen-bond donors (Lipinski definition) is 2. The Labute approximate surface area is 90.0 Å². The van der Waals surface area contributed by atoms with Crippen molar-refractivity contribution < 1.29 is 14.7 Å². The summed E-state index contributed by atoms with van der Waals surface area (Å²) in [5.74, 6) is 0.367. The van der Waals surface area contributed by atoms with Crippen LogP contribution in [0.3, 0.4) is 0 Å². The minimum absolute atomic E-state index is 0.00431. The molecular formula is C11H19NO3. The molecule has 1 aliphatic carbocycles. The molecule has 0 spiro atoms. The molecule has 0 bridgehead atoms. The van der Waals surface area contributed by atoms with Gasteiger partial charge >= 0.3 is 5.97 Å². The van der Waals surface area contributed by atoms with Gasteiger partial charge in [0, 0.05) is 13.0 Å². The Hall–Kier alpha value is -1.06. The highest BCUT2D eigenvalue weighted by atomic mass is 16.4. The van der Waals surface area contributed by atoms with Crippen LogP contribution >= 0.6 is 0 Å². The van der Waals surface area contributed by atoms with E-state index in [1.165, 1.54) is 6.42 Å². The number of carbonyl (C=O) groups is 2. The van der Waals surface area contributed by atoms with E-state index < -0.39 is 5.97 Å². The smallest absolute Gasteiger partial charge is 0.305 e. The van der Waals surface area contributed by atoms with E-state index in [-0.39, 0.29) is 18.9 Å². The second-order valence-corrected chi connectivity index (χ2v) is 4.48. The predicted octanol–water partition coefficient (Wildman–Crippen LogP) is 1.40. The molecule has 4 nitrogen and oxygen atoms in total. The van der Waals surface area contributed by atoms with Gasteiger partial charge in [0.25, 0.3) is 0 Å². The first-order valence-corrected chi connectivity index (χ1v) is 5.56. The van der Waals surface area contributed by atoms with Gasteiger partial charge in [0.05, 0.1) is 6.42 Å². The van der Waals surface area contributed by atoms with Gasteiger partial charge in [-0.25, -0.2) is 0 Å². The van der Waals surface area contributed by atoms with Gasteiger partial charge in [-0.3, -0.25) is 9.59 Å². The van der Waals surface area contributed by atoms with Crippen LogP contribution in [0.5, 0.6) is 0 Å². The van der Waals surface area contributed by atoms with Crippen LogP contribution in [0.15, 0.2) is 0 Å². The van der Waals surface area contributed by atoms with E-state index in [0.29, 0.717) is 12.3 Å². The Morgan fingerprint density at radius 2 is 2.13 bits per heavy atom. The molecule has 0 aromatic heterocycles. The Kier molecular flexibility index (Phi) is 4.59. The van der Waals surface area contributed by atoms with Crippen molar-refractivity contribution >= 4 is 11.9 Å². The highest BCUT2D eigenvalue weighted by Gasteiger charge is 2.23. The summed E-state index contributed by atoms with van der Waals surface area (Å²) in [7, 11) is 0. The summed E-state index contributed by atoms with van der Waals surface area (Å²) in [5, 5.41) is 11.0. The van der Waals surface area contributed by atoms with Crippen LogP contribution in [0.4, 0.5) is 0 Å². The maximum absolute atomic E-state index is 11.4. The van der Waals surface area contributed by atoms with Crippen molar-refractivity contribution in [3.8, 4) is 0 Å². The van der Waals surface area contributed by atoms with Crippen LogP contribution in [0.25, 0.3) is 0 Å². The Morgan fingerprint density at radius 1 is 1.40 bits per heavy atom. The largest absolute Gasteiger partial charge is 0.481 e. The van der Waals surface area contributed by atoms with Crippen molar-refractivity contribution in [1.29, 1.82) is 0 Å². The van der Waals surface area contributed by atoms with Crippen molar-refractivity contribution in [2.24, 2.45) is 11.8 Å². The molecule has 1 rings (SSSR count). The Balaban J connectivity index is 2.10. The third kappa shape index (κ3) is 4.81. The second-order valence-electron chi connectivity index (χ2n) is 4.48. The fourth-order valence-electron chi connectivity index (χ4n) is 2.15. The van der Waals surface area contributed by atoms with E-state index in [4.69, 9.17) is 5.11 Å². The average Bonchev–Trinajstić information content (AvgIpc) is 2.50. The summed E-state index contributed by atoms with van der Waals surface area (Å²) < 4.78 is 0. The van der Waals surface area contributed by atoms with E-state index in [2.05, 4.69) is 12.2 Å². The molecule has 0 aliphatic heterocycles. The van der Waals surface area contributed by atoms with Crippen LogP contribution in [0.2, 0.25) is 0 Å². The fraction of sp³-hybridized carbons (Fsp3) is 0.818. The standard InChI is InChI=1S/C11H19NO3/c1-8-2-3-9(6-8)7-10(13)12-5-4-11(14)15/h8-9H,2-7H2,1H3,(H,12,13)(H,14,15). The molecule has 0 radical (unpaired) electrons. The molecule has 1 saturated carbocycles. The first-order valence-electron chi connectivity index (χ1n) is 5.56. The number of carbonyl (C=O) groups excluding carboxylic acids is 1. The third-order valence-corrected chi connectivity index (χ3v) is 2.94. The minimum atomic E-state index is -0.871. The molecule has 4 heteroatoms. The van der Waals surface area contributed by atoms with E-state index in [9.17, 15) is 9.59 Å². The highest BCUT2D eigenvalue weighted by molar-refractivity contribution is 5.77. The Morgan fingerprint density at radius 3 is 2.67 bits per heavy atom. The van der Waals surface area contributed by atoms with E-state index >= 15 is 0 Å². The Bertz CT molecular complexity index is 240. The van der Waals surface area contributed by atoms with Gasteiger partial charge in [0.15, 0.2) is 0 Å². The molecule has 0 aromatic rings. The summed E-state index contributed by atoms with van der Waals surface area (Å²) >= 11 is 0. The van der Waals surface area contributed by atoms with E-state index in [0.717, 1.165) is 18.8 Å². The number of amides is 1. The molecule has 2 N–H and O–H groups in total. The number of rotatable bonds is 5. The normalized spacial score (nSPS) is 25.1. The van der Waals surface area contributed by atoms with Gasteiger partial charge in [0.2, 0.25) is 5.91 Å². The van der Waals surface area contributed by atoms with Crippen molar-refractivity contribution in [3.63, 3.8) is 0 Å². The molecule has 86 valence electrons. The van der Waals surface area contributed by atoms with Gasteiger partial charge in [-0.2, -0.15) is 0 Å².